The maximum atomic E-state index is 5.96. The molecule has 2 nitrogen and oxygen atoms in total. The normalized spacial score (nSPS) is 11.8. The molecule has 2 rings (SSSR count). The summed E-state index contributed by atoms with van der Waals surface area (Å²) in [6.45, 7) is 8.17. The van der Waals surface area contributed by atoms with Crippen LogP contribution >= 0.6 is 22.9 Å². The molecule has 19 heavy (non-hydrogen) atoms. The first-order valence-electron chi connectivity index (χ1n) is 6.35. The lowest BCUT2D eigenvalue weighted by Gasteiger charge is -2.14. The molecule has 2 aromatic rings. The average molecular weight is 295 g/mol. The molecule has 0 unspecified atom stereocenters. The fourth-order valence-electron chi connectivity index (χ4n) is 1.70. The second-order valence-electron chi connectivity index (χ2n) is 5.61. The fraction of sp³-hybridized carbons (Fsp3) is 0.400. The van der Waals surface area contributed by atoms with Gasteiger partial charge in [-0.2, -0.15) is 0 Å². The zero-order chi connectivity index (χ0) is 13.9. The molecule has 0 spiro atoms. The maximum absolute atomic E-state index is 5.96. The zero-order valence-corrected chi connectivity index (χ0v) is 13.1. The van der Waals surface area contributed by atoms with Crippen molar-refractivity contribution in [2.75, 3.05) is 0 Å². The van der Waals surface area contributed by atoms with Crippen LogP contribution in [0.2, 0.25) is 5.02 Å². The van der Waals surface area contributed by atoms with Crippen LogP contribution in [0.1, 0.15) is 37.0 Å². The van der Waals surface area contributed by atoms with Crippen molar-refractivity contribution in [2.24, 2.45) is 0 Å². The molecule has 1 heterocycles. The summed E-state index contributed by atoms with van der Waals surface area (Å²) in [5, 5.41) is 7.46. The Hall–Kier alpha value is -0.900. The minimum atomic E-state index is 0.127. The predicted molar refractivity (Wildman–Crippen MR) is 82.8 cm³/mol. The summed E-state index contributed by atoms with van der Waals surface area (Å²) >= 11 is 7.67. The molecule has 0 fully saturated rings. The third-order valence-electron chi connectivity index (χ3n) is 2.81. The summed E-state index contributed by atoms with van der Waals surface area (Å²) < 4.78 is 0. The van der Waals surface area contributed by atoms with Crippen molar-refractivity contribution in [1.29, 1.82) is 0 Å². The third kappa shape index (κ3) is 4.30. The van der Waals surface area contributed by atoms with E-state index in [0.717, 1.165) is 28.8 Å². The Balaban J connectivity index is 1.88. The molecule has 0 atom stereocenters. The summed E-state index contributed by atoms with van der Waals surface area (Å²) in [5.74, 6) is 0. The van der Waals surface area contributed by atoms with Crippen molar-refractivity contribution in [1.82, 2.24) is 10.3 Å². The lowest BCUT2D eigenvalue weighted by Crippen LogP contribution is -2.14. The Bertz CT molecular complexity index is 543. The summed E-state index contributed by atoms with van der Waals surface area (Å²) in [7, 11) is 0. The number of nitrogens with zero attached hydrogens (tertiary/aromatic N) is 1. The molecule has 1 aromatic carbocycles. The maximum Gasteiger partial charge on any atom is 0.107 e. The van der Waals surface area contributed by atoms with Gasteiger partial charge < -0.3 is 5.32 Å². The quantitative estimate of drug-likeness (QED) is 0.905. The van der Waals surface area contributed by atoms with Gasteiger partial charge in [-0.3, -0.25) is 0 Å². The van der Waals surface area contributed by atoms with Gasteiger partial charge in [0, 0.05) is 28.9 Å². The molecule has 1 N–H and O–H groups in total. The largest absolute Gasteiger partial charge is 0.306 e. The van der Waals surface area contributed by atoms with Crippen molar-refractivity contribution in [3.05, 3.63) is 50.9 Å². The van der Waals surface area contributed by atoms with Gasteiger partial charge in [0.2, 0.25) is 0 Å². The molecule has 0 aliphatic heterocycles. The first kappa shape index (κ1) is 14.5. The molecule has 0 radical (unpaired) electrons. The number of aromatic nitrogens is 1. The summed E-state index contributed by atoms with van der Waals surface area (Å²) in [5.41, 5.74) is 2.49. The summed E-state index contributed by atoms with van der Waals surface area (Å²) in [6, 6.07) is 7.92. The van der Waals surface area contributed by atoms with Crippen molar-refractivity contribution >= 4 is 22.9 Å². The molecule has 102 valence electrons. The summed E-state index contributed by atoms with van der Waals surface area (Å²) in [6.07, 6.45) is 0. The minimum Gasteiger partial charge on any atom is -0.306 e. The number of nitrogens with one attached hydrogen (secondary N) is 1. The highest BCUT2D eigenvalue weighted by Crippen LogP contribution is 2.23. The highest BCUT2D eigenvalue weighted by Gasteiger charge is 2.17. The molecular weight excluding hydrogens is 276 g/mol. The number of hydrogen-bond acceptors (Lipinski definition) is 3. The van der Waals surface area contributed by atoms with Crippen LogP contribution in [0.25, 0.3) is 0 Å². The standard InChI is InChI=1S/C15H19ClN2S/c1-15(2,3)13-10-19-14(18-13)9-17-8-11-5-4-6-12(16)7-11/h4-7,10,17H,8-9H2,1-3H3. The SMILES string of the molecule is CC(C)(C)c1csc(CNCc2cccc(Cl)c2)n1. The molecule has 0 bridgehead atoms. The average Bonchev–Trinajstić information content (AvgIpc) is 2.77. The van der Waals surface area contributed by atoms with E-state index in [0.29, 0.717) is 0 Å². The van der Waals surface area contributed by atoms with Crippen LogP contribution in [0.15, 0.2) is 29.6 Å². The second-order valence-corrected chi connectivity index (χ2v) is 6.99. The van der Waals surface area contributed by atoms with Crippen LogP contribution in [-0.4, -0.2) is 4.98 Å². The zero-order valence-electron chi connectivity index (χ0n) is 11.5. The lowest BCUT2D eigenvalue weighted by atomic mass is 9.93. The Labute approximate surface area is 123 Å². The van der Waals surface area contributed by atoms with Gasteiger partial charge in [-0.1, -0.05) is 44.5 Å². The van der Waals surface area contributed by atoms with Crippen LogP contribution in [0, 0.1) is 0 Å². The van der Waals surface area contributed by atoms with Gasteiger partial charge in [-0.05, 0) is 17.7 Å². The summed E-state index contributed by atoms with van der Waals surface area (Å²) in [4.78, 5) is 4.66. The number of thiazole rings is 1. The van der Waals surface area contributed by atoms with Crippen LogP contribution in [0.3, 0.4) is 0 Å². The Kier molecular flexibility index (Phi) is 4.61. The predicted octanol–water partition coefficient (Wildman–Crippen LogP) is 4.38. The van der Waals surface area contributed by atoms with E-state index in [4.69, 9.17) is 11.6 Å². The molecule has 1 aromatic heterocycles. The highest BCUT2D eigenvalue weighted by molar-refractivity contribution is 7.09. The van der Waals surface area contributed by atoms with Gasteiger partial charge in [0.1, 0.15) is 5.01 Å². The molecule has 0 saturated carbocycles. The van der Waals surface area contributed by atoms with Crippen molar-refractivity contribution in [2.45, 2.75) is 39.3 Å². The first-order valence-corrected chi connectivity index (χ1v) is 7.61. The van der Waals surface area contributed by atoms with Gasteiger partial charge in [-0.25, -0.2) is 4.98 Å². The van der Waals surface area contributed by atoms with Crippen molar-refractivity contribution in [3.8, 4) is 0 Å². The van der Waals surface area contributed by atoms with Crippen LogP contribution in [-0.2, 0) is 18.5 Å². The Morgan fingerprint density at radius 2 is 2.05 bits per heavy atom. The Morgan fingerprint density at radius 3 is 2.68 bits per heavy atom. The van der Waals surface area contributed by atoms with E-state index in [1.165, 1.54) is 5.56 Å². The second kappa shape index (κ2) is 6.04. The van der Waals surface area contributed by atoms with Gasteiger partial charge >= 0.3 is 0 Å². The van der Waals surface area contributed by atoms with Gasteiger partial charge in [0.25, 0.3) is 0 Å². The van der Waals surface area contributed by atoms with Crippen LogP contribution in [0.4, 0.5) is 0 Å². The van der Waals surface area contributed by atoms with E-state index in [9.17, 15) is 0 Å². The van der Waals surface area contributed by atoms with E-state index in [-0.39, 0.29) is 5.41 Å². The van der Waals surface area contributed by atoms with E-state index in [1.54, 1.807) is 11.3 Å². The lowest BCUT2D eigenvalue weighted by molar-refractivity contribution is 0.568. The monoisotopic (exact) mass is 294 g/mol. The molecular formula is C15H19ClN2S. The molecule has 0 aliphatic carbocycles. The van der Waals surface area contributed by atoms with Gasteiger partial charge in [-0.15, -0.1) is 11.3 Å². The third-order valence-corrected chi connectivity index (χ3v) is 3.90. The molecule has 0 saturated heterocycles. The van der Waals surface area contributed by atoms with Gasteiger partial charge in [0.05, 0.1) is 5.69 Å². The van der Waals surface area contributed by atoms with Crippen molar-refractivity contribution in [3.63, 3.8) is 0 Å². The first-order chi connectivity index (χ1) is 8.95. The van der Waals surface area contributed by atoms with Crippen LogP contribution in [0.5, 0.6) is 0 Å². The molecule has 0 amide bonds. The highest BCUT2D eigenvalue weighted by atomic mass is 35.5. The van der Waals surface area contributed by atoms with E-state index in [2.05, 4.69) is 42.5 Å². The minimum absolute atomic E-state index is 0.127. The molecule has 4 heteroatoms. The number of halogens is 1. The number of benzene rings is 1. The van der Waals surface area contributed by atoms with Crippen molar-refractivity contribution < 1.29 is 0 Å². The van der Waals surface area contributed by atoms with Crippen LogP contribution < -0.4 is 5.32 Å². The number of rotatable bonds is 4. The fourth-order valence-corrected chi connectivity index (χ4v) is 2.90. The smallest absolute Gasteiger partial charge is 0.107 e. The van der Waals surface area contributed by atoms with Gasteiger partial charge in [0.15, 0.2) is 0 Å². The van der Waals surface area contributed by atoms with E-state index in [1.807, 2.05) is 18.2 Å². The molecule has 0 aliphatic rings. The Morgan fingerprint density at radius 1 is 1.26 bits per heavy atom. The number of hydrogen-bond donors (Lipinski definition) is 1. The van der Waals surface area contributed by atoms with E-state index >= 15 is 0 Å². The van der Waals surface area contributed by atoms with E-state index < -0.39 is 0 Å². The topological polar surface area (TPSA) is 24.9 Å².